The van der Waals surface area contributed by atoms with Crippen LogP contribution in [0.1, 0.15) is 154 Å². The van der Waals surface area contributed by atoms with Gasteiger partial charge in [0.05, 0.1) is 16.5 Å². The van der Waals surface area contributed by atoms with E-state index in [1.807, 2.05) is 19.1 Å². The fourth-order valence-corrected chi connectivity index (χ4v) is 17.7. The van der Waals surface area contributed by atoms with Crippen LogP contribution in [0.15, 0.2) is 91.0 Å². The molecule has 1 saturated heterocycles. The number of fused-ring (bicyclic) bond motifs is 15. The molecule has 32 nitrogen and oxygen atoms in total. The zero-order chi connectivity index (χ0) is 84.4. The summed E-state index contributed by atoms with van der Waals surface area (Å²) < 4.78 is 38.1. The first-order valence-electron chi connectivity index (χ1n) is 38.6. The summed E-state index contributed by atoms with van der Waals surface area (Å²) in [5, 5.41) is 114. The number of ether oxygens (including phenoxy) is 6. The molecule has 5 fully saturated rings. The summed E-state index contributed by atoms with van der Waals surface area (Å²) in [6, 6.07) is 3.50. The zero-order valence-electron chi connectivity index (χ0n) is 65.3. The lowest BCUT2D eigenvalue weighted by atomic mass is 9.54. The number of hydrogen-bond acceptors (Lipinski definition) is 23. The van der Waals surface area contributed by atoms with Crippen LogP contribution < -0.4 is 61.9 Å². The van der Waals surface area contributed by atoms with Crippen molar-refractivity contribution in [2.45, 2.75) is 197 Å². The van der Waals surface area contributed by atoms with Gasteiger partial charge in [0.2, 0.25) is 59.3 Å². The first-order chi connectivity index (χ1) is 55.3. The number of primary amides is 1. The van der Waals surface area contributed by atoms with Crippen molar-refractivity contribution in [1.29, 1.82) is 0 Å². The van der Waals surface area contributed by atoms with Crippen LogP contribution in [-0.4, -0.2) is 179 Å². The molecule has 624 valence electrons. The zero-order valence-corrected chi connectivity index (χ0v) is 66.9. The number of likely N-dealkylation sites (N-methyl/N-ethyl adjacent to an activating group) is 1. The Balaban J connectivity index is 0.990. The van der Waals surface area contributed by atoms with Crippen molar-refractivity contribution in [2.24, 2.45) is 35.3 Å². The molecule has 34 heteroatoms. The smallest absolute Gasteiger partial charge is 0.410 e. The third-order valence-corrected chi connectivity index (χ3v) is 23.1. The molecule has 4 aliphatic carbocycles. The van der Waals surface area contributed by atoms with Crippen molar-refractivity contribution in [3.05, 3.63) is 146 Å². The number of phenols is 3. The fourth-order valence-electron chi connectivity index (χ4n) is 17.2. The van der Waals surface area contributed by atoms with Gasteiger partial charge in [-0.2, -0.15) is 0 Å². The van der Waals surface area contributed by atoms with Crippen LogP contribution in [0.5, 0.6) is 51.7 Å². The Morgan fingerprint density at radius 3 is 1.79 bits per heavy atom. The van der Waals surface area contributed by atoms with Crippen molar-refractivity contribution in [2.75, 3.05) is 13.7 Å². The second-order valence-electron chi connectivity index (χ2n) is 32.9. The molecule has 4 saturated carbocycles. The van der Waals surface area contributed by atoms with Gasteiger partial charge in [0.25, 0.3) is 0 Å². The number of aliphatic hydroxyl groups is 5. The number of aryl methyl sites for hydroxylation is 3. The molecule has 0 radical (unpaired) electrons. The molecular formula is C83H95Cl2N9O23. The minimum Gasteiger partial charge on any atom is -0.508 e. The molecular weight excluding hydrogens is 1560 g/mol. The maximum Gasteiger partial charge on any atom is 0.410 e. The Bertz CT molecular complexity index is 4890. The van der Waals surface area contributed by atoms with E-state index < -0.39 is 197 Å². The van der Waals surface area contributed by atoms with Crippen LogP contribution in [0, 0.1) is 50.4 Å². The van der Waals surface area contributed by atoms with E-state index in [1.165, 1.54) is 31.3 Å². The maximum atomic E-state index is 16.4. The molecule has 0 aromatic heterocycles. The molecule has 14 atom stereocenters. The standard InChI is InChI=1S/C83H95Cl2N9O23/c1-33(2)16-51(94(9)82(111)117-83(6,7)8)75(105)92-65-67(99)40-11-14-54(48(84)25-40)113-56-27-44-28-57(73(56)116-81-71(103)70(102)69(101)58(115-81)32-112-72-35(4)17-34(3)18-36(72)5)114-55-15-12-41(26-49(55)85)68(100)66-80(110)91-64(78(108)88-61-42-20-37-19-38(22-42)23-43(61)21-37)47-29-45(95)30-53(97)60(47)46-24-39(10-13-52(46)96)62(76(106)93-66)90-77(107)63(44)89-74(104)50(31-59(86)98)87-79(65)109/h10-15,17-18,24-30,33,37-38,42-43,50-51,58,61-71,81,95-97,99-103H,16,19-23,31-32H2,1-9H3,(H2,86,98)(H,87,109)(H,88,108)(H,89,104)(H,90,107)(H,91,110)(H,92,105)(H,93,106)/t37?,38?,42?,43?,50-,51+,58?,61?,62+,63+,64-,65+,66+,67+,68+,69?,70?,71?,81?/m0/s1. The van der Waals surface area contributed by atoms with Crippen LogP contribution in [0.4, 0.5) is 4.79 Å². The number of halogens is 2. The number of nitrogens with two attached hydrogens (primary N) is 1. The van der Waals surface area contributed by atoms with Gasteiger partial charge < -0.3 is 112 Å². The highest BCUT2D eigenvalue weighted by Crippen LogP contribution is 2.55. The Morgan fingerprint density at radius 2 is 1.21 bits per heavy atom. The second-order valence-corrected chi connectivity index (χ2v) is 33.7. The van der Waals surface area contributed by atoms with Crippen LogP contribution in [0.25, 0.3) is 11.1 Å². The molecule has 9 amide bonds. The number of hydrogen-bond donors (Lipinski definition) is 16. The normalized spacial score (nSPS) is 27.8. The van der Waals surface area contributed by atoms with Gasteiger partial charge in [-0.05, 0) is 203 Å². The lowest BCUT2D eigenvalue weighted by Crippen LogP contribution is -2.60. The Kier molecular flexibility index (Phi) is 24.3. The fraction of sp³-hybridized carbons (Fsp3) is 0.458. The van der Waals surface area contributed by atoms with Crippen molar-refractivity contribution < 1.29 is 112 Å². The molecule has 15 bridgehead atoms. The number of amides is 9. The van der Waals surface area contributed by atoms with Crippen molar-refractivity contribution in [1.82, 2.24) is 42.1 Å². The Morgan fingerprint density at radius 1 is 0.624 bits per heavy atom. The lowest BCUT2D eigenvalue weighted by molar-refractivity contribution is -0.276. The van der Waals surface area contributed by atoms with E-state index in [4.69, 9.17) is 57.4 Å². The predicted molar refractivity (Wildman–Crippen MR) is 418 cm³/mol. The number of phenolic OH excluding ortho intramolecular Hbond substituents is 3. The van der Waals surface area contributed by atoms with Crippen molar-refractivity contribution >= 4 is 76.6 Å². The molecule has 5 unspecified atom stereocenters. The molecule has 6 heterocycles. The summed E-state index contributed by atoms with van der Waals surface area (Å²) in [5.74, 6) is -13.3. The first kappa shape index (κ1) is 84.2. The minimum absolute atomic E-state index is 0.0477. The third-order valence-electron chi connectivity index (χ3n) is 22.5. The minimum atomic E-state index is -2.35. The van der Waals surface area contributed by atoms with E-state index in [0.717, 1.165) is 97.2 Å². The average Bonchev–Trinajstić information content (AvgIpc) is 0.871. The molecule has 6 aromatic rings. The van der Waals surface area contributed by atoms with E-state index in [0.29, 0.717) is 28.7 Å². The molecule has 117 heavy (non-hydrogen) atoms. The number of nitrogens with one attached hydrogen (secondary N) is 7. The predicted octanol–water partition coefficient (Wildman–Crippen LogP) is 6.38. The maximum absolute atomic E-state index is 16.4. The average molecular weight is 1660 g/mol. The lowest BCUT2D eigenvalue weighted by Gasteiger charge is -2.54. The number of aromatic hydroxyl groups is 3. The van der Waals surface area contributed by atoms with E-state index in [9.17, 15) is 55.2 Å². The van der Waals surface area contributed by atoms with Gasteiger partial charge in [-0.15, -0.1) is 0 Å². The number of carbonyl (C=O) groups excluding carboxylic acids is 9. The van der Waals surface area contributed by atoms with Gasteiger partial charge in [0.15, 0.2) is 11.5 Å². The number of benzene rings is 6. The topological polar surface area (TPSA) is 484 Å². The van der Waals surface area contributed by atoms with Gasteiger partial charge in [-0.1, -0.05) is 72.9 Å². The van der Waals surface area contributed by atoms with Crippen molar-refractivity contribution in [3.8, 4) is 62.9 Å². The summed E-state index contributed by atoms with van der Waals surface area (Å²) in [7, 11) is 1.28. The summed E-state index contributed by atoms with van der Waals surface area (Å²) in [6.45, 7) is 13.3. The monoisotopic (exact) mass is 1660 g/mol. The largest absolute Gasteiger partial charge is 0.508 e. The number of rotatable bonds is 14. The molecule has 6 aromatic carbocycles. The van der Waals surface area contributed by atoms with E-state index in [2.05, 4.69) is 37.2 Å². The van der Waals surface area contributed by atoms with Crippen LogP contribution in [0.3, 0.4) is 0 Å². The summed E-state index contributed by atoms with van der Waals surface area (Å²) in [6.07, 6.45) is -11.6. The molecule has 16 rings (SSSR count). The van der Waals surface area contributed by atoms with Crippen LogP contribution >= 0.6 is 23.2 Å². The molecule has 0 spiro atoms. The number of aliphatic hydroxyl groups excluding tert-OH is 5. The Labute approximate surface area is 682 Å². The van der Waals surface area contributed by atoms with Gasteiger partial charge in [0.1, 0.15) is 126 Å². The van der Waals surface area contributed by atoms with Gasteiger partial charge >= 0.3 is 6.09 Å². The summed E-state index contributed by atoms with van der Waals surface area (Å²) >= 11 is 14.4. The van der Waals surface area contributed by atoms with Gasteiger partial charge in [-0.3, -0.25) is 43.3 Å². The second kappa shape index (κ2) is 33.7. The molecule has 17 N–H and O–H groups in total. The molecule has 10 aliphatic rings. The quantitative estimate of drug-likeness (QED) is 0.0562. The van der Waals surface area contributed by atoms with Crippen LogP contribution in [0.2, 0.25) is 10.0 Å². The van der Waals surface area contributed by atoms with Gasteiger partial charge in [0, 0.05) is 30.3 Å². The van der Waals surface area contributed by atoms with E-state index in [1.54, 1.807) is 48.5 Å². The SMILES string of the molecule is Cc1cc(C)c(OCC2OC(Oc3c4cc5cc3Oc3ccc(cc3Cl)[C@@H](O)[C@H]3NC(=O)[C@H](NC(=O)[C@@H]5NC(=O)[C@H](CC(N)=O)NC(=O)[C@H](NC(=O)[C@@H](CC(C)C)N(C)C(=O)OC(C)(C)C)[C@H](O)c5ccc(c(Cl)c5)O4)c4ccc(O)c(c4)-c4c(O)cc(O)cc4[C@@H](C(=O)NC4C5CC6CC(C5)CC4C6)NC3=O)C(O)C(O)C2O)c(C)c1. The highest BCUT2D eigenvalue weighted by Gasteiger charge is 2.51. The number of carbonyl (C=O) groups is 9. The highest BCUT2D eigenvalue weighted by atomic mass is 35.5. The summed E-state index contributed by atoms with van der Waals surface area (Å²) in [5.41, 5.74) is 4.99. The third kappa shape index (κ3) is 17.9. The number of nitrogens with zero attached hydrogens (tertiary/aromatic N) is 1. The van der Waals surface area contributed by atoms with Crippen LogP contribution in [-0.2, 0) is 47.8 Å². The van der Waals surface area contributed by atoms with Gasteiger partial charge in [-0.25, -0.2) is 4.79 Å². The summed E-state index contributed by atoms with van der Waals surface area (Å²) in [4.78, 5) is 137. The van der Waals surface area contributed by atoms with E-state index in [-0.39, 0.29) is 85.1 Å². The highest BCUT2D eigenvalue weighted by molar-refractivity contribution is 6.32. The Hall–Kier alpha value is -10.7. The van der Waals surface area contributed by atoms with E-state index >= 15 is 28.8 Å². The molecule has 6 aliphatic heterocycles. The van der Waals surface area contributed by atoms with Crippen molar-refractivity contribution in [3.63, 3.8) is 0 Å². The first-order valence-corrected chi connectivity index (χ1v) is 39.3.